The Labute approximate surface area is 93.3 Å². The van der Waals surface area contributed by atoms with E-state index in [4.69, 9.17) is 11.6 Å². The van der Waals surface area contributed by atoms with E-state index in [9.17, 15) is 0 Å². The standard InChI is InChI=1S/C10H13ClN4/c1-6(2)7(3)10-13-12-9-5-4-8(11)14-15(9)10/h4-7H,1-3H3. The van der Waals surface area contributed by atoms with Gasteiger partial charge in [-0.2, -0.15) is 9.61 Å². The first-order valence-electron chi connectivity index (χ1n) is 4.97. The predicted octanol–water partition coefficient (Wildman–Crippen LogP) is 2.54. The maximum absolute atomic E-state index is 5.84. The zero-order valence-electron chi connectivity index (χ0n) is 8.98. The van der Waals surface area contributed by atoms with E-state index < -0.39 is 0 Å². The summed E-state index contributed by atoms with van der Waals surface area (Å²) in [6.07, 6.45) is 0. The van der Waals surface area contributed by atoms with Crippen molar-refractivity contribution < 1.29 is 0 Å². The summed E-state index contributed by atoms with van der Waals surface area (Å²) in [4.78, 5) is 0. The third-order valence-corrected chi connectivity index (χ3v) is 2.86. The topological polar surface area (TPSA) is 43.1 Å². The molecular formula is C10H13ClN4. The van der Waals surface area contributed by atoms with Crippen molar-refractivity contribution >= 4 is 17.2 Å². The van der Waals surface area contributed by atoms with E-state index in [0.717, 1.165) is 11.5 Å². The highest BCUT2D eigenvalue weighted by molar-refractivity contribution is 6.29. The molecule has 2 rings (SSSR count). The van der Waals surface area contributed by atoms with Gasteiger partial charge in [-0.05, 0) is 18.1 Å². The maximum Gasteiger partial charge on any atom is 0.178 e. The van der Waals surface area contributed by atoms with Gasteiger partial charge >= 0.3 is 0 Å². The largest absolute Gasteiger partial charge is 0.196 e. The molecule has 0 aliphatic rings. The molecule has 4 nitrogen and oxygen atoms in total. The maximum atomic E-state index is 5.84. The Morgan fingerprint density at radius 3 is 2.60 bits per heavy atom. The Kier molecular flexibility index (Phi) is 2.61. The van der Waals surface area contributed by atoms with Gasteiger partial charge in [0.05, 0.1) is 0 Å². The lowest BCUT2D eigenvalue weighted by molar-refractivity contribution is 0.499. The average Bonchev–Trinajstić information content (AvgIpc) is 2.59. The van der Waals surface area contributed by atoms with Crippen molar-refractivity contribution in [1.82, 2.24) is 19.8 Å². The number of aromatic nitrogens is 4. The first-order chi connectivity index (χ1) is 7.09. The molecule has 1 atom stereocenters. The SMILES string of the molecule is CC(C)C(C)c1nnc2ccc(Cl)nn12. The van der Waals surface area contributed by atoms with Crippen LogP contribution in [0.2, 0.25) is 5.15 Å². The summed E-state index contributed by atoms with van der Waals surface area (Å²) in [5.41, 5.74) is 0.738. The van der Waals surface area contributed by atoms with Crippen LogP contribution in [0.4, 0.5) is 0 Å². The number of rotatable bonds is 2. The monoisotopic (exact) mass is 224 g/mol. The summed E-state index contributed by atoms with van der Waals surface area (Å²) < 4.78 is 1.72. The second kappa shape index (κ2) is 3.77. The van der Waals surface area contributed by atoms with E-state index in [-0.39, 0.29) is 0 Å². The van der Waals surface area contributed by atoms with Gasteiger partial charge in [0.15, 0.2) is 11.5 Å². The number of nitrogens with zero attached hydrogens (tertiary/aromatic N) is 4. The van der Waals surface area contributed by atoms with E-state index in [0.29, 0.717) is 17.0 Å². The fourth-order valence-electron chi connectivity index (χ4n) is 1.37. The molecular weight excluding hydrogens is 212 g/mol. The summed E-state index contributed by atoms with van der Waals surface area (Å²) in [7, 11) is 0. The minimum absolute atomic E-state index is 0.311. The van der Waals surface area contributed by atoms with E-state index in [1.165, 1.54) is 0 Å². The van der Waals surface area contributed by atoms with Gasteiger partial charge in [0.2, 0.25) is 0 Å². The molecule has 0 aliphatic heterocycles. The molecule has 0 bridgehead atoms. The Morgan fingerprint density at radius 1 is 1.20 bits per heavy atom. The van der Waals surface area contributed by atoms with E-state index in [1.54, 1.807) is 10.6 Å². The molecule has 0 N–H and O–H groups in total. The Morgan fingerprint density at radius 2 is 1.93 bits per heavy atom. The average molecular weight is 225 g/mol. The van der Waals surface area contributed by atoms with Crippen LogP contribution in [0.5, 0.6) is 0 Å². The second-order valence-electron chi connectivity index (χ2n) is 4.02. The van der Waals surface area contributed by atoms with Crippen molar-refractivity contribution in [2.75, 3.05) is 0 Å². The lowest BCUT2D eigenvalue weighted by atomic mass is 9.98. The summed E-state index contributed by atoms with van der Waals surface area (Å²) >= 11 is 5.84. The van der Waals surface area contributed by atoms with Gasteiger partial charge in [-0.3, -0.25) is 0 Å². The van der Waals surface area contributed by atoms with Crippen LogP contribution in [0.15, 0.2) is 12.1 Å². The van der Waals surface area contributed by atoms with Crippen LogP contribution in [-0.4, -0.2) is 19.8 Å². The minimum atomic E-state index is 0.311. The molecule has 0 aromatic carbocycles. The van der Waals surface area contributed by atoms with Crippen molar-refractivity contribution in [2.45, 2.75) is 26.7 Å². The summed E-state index contributed by atoms with van der Waals surface area (Å²) in [6, 6.07) is 3.54. The van der Waals surface area contributed by atoms with Crippen LogP contribution in [0.1, 0.15) is 32.5 Å². The molecule has 0 spiro atoms. The van der Waals surface area contributed by atoms with Crippen molar-refractivity contribution in [3.05, 3.63) is 23.1 Å². The third-order valence-electron chi connectivity index (χ3n) is 2.66. The zero-order valence-corrected chi connectivity index (χ0v) is 9.73. The van der Waals surface area contributed by atoms with Crippen LogP contribution in [0.3, 0.4) is 0 Å². The van der Waals surface area contributed by atoms with Crippen molar-refractivity contribution in [2.24, 2.45) is 5.92 Å². The molecule has 1 unspecified atom stereocenters. The molecule has 2 aromatic heterocycles. The van der Waals surface area contributed by atoms with Gasteiger partial charge in [-0.15, -0.1) is 10.2 Å². The number of hydrogen-bond acceptors (Lipinski definition) is 3. The Bertz CT molecular complexity index is 477. The zero-order chi connectivity index (χ0) is 11.0. The molecule has 2 heterocycles. The summed E-state index contributed by atoms with van der Waals surface area (Å²) in [5, 5.41) is 12.9. The number of hydrogen-bond donors (Lipinski definition) is 0. The van der Waals surface area contributed by atoms with Crippen molar-refractivity contribution in [3.8, 4) is 0 Å². The summed E-state index contributed by atoms with van der Waals surface area (Å²) in [5.74, 6) is 1.67. The molecule has 0 saturated heterocycles. The lowest BCUT2D eigenvalue weighted by Crippen LogP contribution is -2.08. The molecule has 0 radical (unpaired) electrons. The third kappa shape index (κ3) is 1.81. The van der Waals surface area contributed by atoms with Gasteiger partial charge in [-0.25, -0.2) is 0 Å². The molecule has 0 fully saturated rings. The minimum Gasteiger partial charge on any atom is -0.196 e. The van der Waals surface area contributed by atoms with Crippen LogP contribution >= 0.6 is 11.6 Å². The fourth-order valence-corrected chi connectivity index (χ4v) is 1.50. The second-order valence-corrected chi connectivity index (χ2v) is 4.40. The molecule has 0 saturated carbocycles. The highest BCUT2D eigenvalue weighted by atomic mass is 35.5. The predicted molar refractivity (Wildman–Crippen MR) is 59.0 cm³/mol. The van der Waals surface area contributed by atoms with Crippen LogP contribution in [0.25, 0.3) is 5.65 Å². The normalized spacial score (nSPS) is 13.7. The van der Waals surface area contributed by atoms with Crippen LogP contribution in [0, 0.1) is 5.92 Å². The van der Waals surface area contributed by atoms with Crippen LogP contribution in [-0.2, 0) is 0 Å². The van der Waals surface area contributed by atoms with Crippen molar-refractivity contribution in [3.63, 3.8) is 0 Å². The number of halogens is 1. The number of fused-ring (bicyclic) bond motifs is 1. The summed E-state index contributed by atoms with van der Waals surface area (Å²) in [6.45, 7) is 6.41. The molecule has 80 valence electrons. The van der Waals surface area contributed by atoms with Gasteiger partial charge < -0.3 is 0 Å². The molecule has 2 aromatic rings. The highest BCUT2D eigenvalue weighted by Crippen LogP contribution is 2.22. The first-order valence-corrected chi connectivity index (χ1v) is 5.35. The first kappa shape index (κ1) is 10.4. The van der Waals surface area contributed by atoms with Gasteiger partial charge in [0, 0.05) is 5.92 Å². The molecule has 5 heteroatoms. The van der Waals surface area contributed by atoms with Crippen LogP contribution < -0.4 is 0 Å². The lowest BCUT2D eigenvalue weighted by Gasteiger charge is -2.12. The molecule has 0 aliphatic carbocycles. The smallest absolute Gasteiger partial charge is 0.178 e. The van der Waals surface area contributed by atoms with Gasteiger partial charge in [0.25, 0.3) is 0 Å². The van der Waals surface area contributed by atoms with Gasteiger partial charge in [0.1, 0.15) is 5.15 Å². The Hall–Kier alpha value is -1.16. The highest BCUT2D eigenvalue weighted by Gasteiger charge is 2.17. The molecule has 15 heavy (non-hydrogen) atoms. The van der Waals surface area contributed by atoms with E-state index >= 15 is 0 Å². The Balaban J connectivity index is 2.56. The van der Waals surface area contributed by atoms with E-state index in [2.05, 4.69) is 36.1 Å². The van der Waals surface area contributed by atoms with Crippen molar-refractivity contribution in [1.29, 1.82) is 0 Å². The molecule has 0 amide bonds. The quantitative estimate of drug-likeness (QED) is 0.788. The van der Waals surface area contributed by atoms with Gasteiger partial charge in [-0.1, -0.05) is 32.4 Å². The van der Waals surface area contributed by atoms with E-state index in [1.807, 2.05) is 6.07 Å². The fraction of sp³-hybridized carbons (Fsp3) is 0.500.